The second-order valence-electron chi connectivity index (χ2n) is 12.9. The molecule has 1 aromatic heterocycles. The first-order chi connectivity index (χ1) is 20.3. The van der Waals surface area contributed by atoms with Gasteiger partial charge in [-0.2, -0.15) is 0 Å². The molecule has 1 N–H and O–H groups in total. The third-order valence-corrected chi connectivity index (χ3v) is 8.48. The van der Waals surface area contributed by atoms with E-state index in [1.54, 1.807) is 6.92 Å². The number of carbonyl (C=O) groups is 1. The lowest BCUT2D eigenvalue weighted by Crippen LogP contribution is -2.34. The quantitative estimate of drug-likeness (QED) is 0.298. The Morgan fingerprint density at radius 3 is 2.58 bits per heavy atom. The van der Waals surface area contributed by atoms with Crippen LogP contribution in [0.5, 0.6) is 5.75 Å². The van der Waals surface area contributed by atoms with E-state index in [1.165, 1.54) is 12.1 Å². The molecule has 2 aliphatic rings. The summed E-state index contributed by atoms with van der Waals surface area (Å²) in [4.78, 5) is 20.0. The molecule has 0 aliphatic carbocycles. The molecule has 2 aliphatic heterocycles. The van der Waals surface area contributed by atoms with E-state index in [4.69, 9.17) is 14.5 Å². The molecule has 5 rings (SSSR count). The van der Waals surface area contributed by atoms with Crippen LogP contribution in [0, 0.1) is 32.4 Å². The molecule has 0 spiro atoms. The van der Waals surface area contributed by atoms with Crippen LogP contribution in [0.25, 0.3) is 11.1 Å². The predicted molar refractivity (Wildman–Crippen MR) is 163 cm³/mol. The van der Waals surface area contributed by atoms with E-state index >= 15 is 4.39 Å². The zero-order valence-electron chi connectivity index (χ0n) is 26.1. The van der Waals surface area contributed by atoms with Gasteiger partial charge in [-0.15, -0.1) is 0 Å². The third kappa shape index (κ3) is 6.60. The molecule has 3 heterocycles. The van der Waals surface area contributed by atoms with Gasteiger partial charge < -0.3 is 14.6 Å². The van der Waals surface area contributed by atoms with E-state index in [1.807, 2.05) is 46.8 Å². The number of hydrogen-bond acceptors (Lipinski definition) is 5. The van der Waals surface area contributed by atoms with E-state index in [0.29, 0.717) is 59.7 Å². The highest BCUT2D eigenvalue weighted by atomic mass is 19.1. The number of hydrogen-bond donors (Lipinski definition) is 1. The van der Waals surface area contributed by atoms with Gasteiger partial charge in [0.05, 0.1) is 12.2 Å². The lowest BCUT2D eigenvalue weighted by Gasteiger charge is -2.34. The third-order valence-electron chi connectivity index (χ3n) is 8.48. The minimum atomic E-state index is -1.28. The van der Waals surface area contributed by atoms with Crippen molar-refractivity contribution in [3.63, 3.8) is 0 Å². The topological polar surface area (TPSA) is 71.9 Å². The minimum absolute atomic E-state index is 0.196. The molecule has 0 saturated heterocycles. The van der Waals surface area contributed by atoms with Crippen molar-refractivity contribution in [2.24, 2.45) is 0 Å². The Hall–Kier alpha value is -3.36. The zero-order valence-corrected chi connectivity index (χ0v) is 26.1. The molecule has 0 bridgehead atoms. The molecular weight excluding hydrogens is 550 g/mol. The summed E-state index contributed by atoms with van der Waals surface area (Å²) < 4.78 is 41.3. The van der Waals surface area contributed by atoms with Crippen molar-refractivity contribution in [2.75, 3.05) is 19.7 Å². The van der Waals surface area contributed by atoms with Gasteiger partial charge in [-0.3, -0.25) is 9.88 Å². The molecule has 0 saturated carbocycles. The Bertz CT molecular complexity index is 1550. The number of carboxylic acid groups (broad SMARTS) is 1. The number of aryl methyl sites for hydroxylation is 3. The second kappa shape index (κ2) is 12.3. The second-order valence-corrected chi connectivity index (χ2v) is 12.9. The van der Waals surface area contributed by atoms with Crippen LogP contribution < -0.4 is 4.74 Å². The molecule has 8 heteroatoms. The minimum Gasteiger partial charge on any atom is -0.490 e. The summed E-state index contributed by atoms with van der Waals surface area (Å²) >= 11 is 0. The van der Waals surface area contributed by atoms with Crippen LogP contribution in [0.3, 0.4) is 0 Å². The van der Waals surface area contributed by atoms with Crippen LogP contribution in [0.2, 0.25) is 0 Å². The summed E-state index contributed by atoms with van der Waals surface area (Å²) in [6.45, 7) is 13.7. The van der Waals surface area contributed by atoms with Gasteiger partial charge in [0.25, 0.3) is 0 Å². The number of ether oxygens (including phenoxy) is 2. The highest BCUT2D eigenvalue weighted by molar-refractivity contribution is 5.84. The first-order valence-corrected chi connectivity index (χ1v) is 15.2. The molecule has 230 valence electrons. The van der Waals surface area contributed by atoms with Crippen LogP contribution >= 0.6 is 0 Å². The first-order valence-electron chi connectivity index (χ1n) is 15.2. The number of carboxylic acids is 1. The summed E-state index contributed by atoms with van der Waals surface area (Å²) in [6.07, 6.45) is 2.62. The molecule has 0 fully saturated rings. The van der Waals surface area contributed by atoms with Gasteiger partial charge in [-0.25, -0.2) is 13.6 Å². The summed E-state index contributed by atoms with van der Waals surface area (Å²) in [5.74, 6) is -1.44. The number of nitrogens with zero attached hydrogens (tertiary/aromatic N) is 2. The van der Waals surface area contributed by atoms with Crippen LogP contribution in [0.15, 0.2) is 24.3 Å². The smallest absolute Gasteiger partial charge is 0.337 e. The average Bonchev–Trinajstić information content (AvgIpc) is 2.95. The van der Waals surface area contributed by atoms with E-state index in [9.17, 15) is 14.3 Å². The maximum atomic E-state index is 15.6. The van der Waals surface area contributed by atoms with Crippen LogP contribution in [-0.4, -0.2) is 46.3 Å². The monoisotopic (exact) mass is 592 g/mol. The van der Waals surface area contributed by atoms with Crippen molar-refractivity contribution in [1.29, 1.82) is 0 Å². The molecule has 0 amide bonds. The van der Waals surface area contributed by atoms with Crippen molar-refractivity contribution in [2.45, 2.75) is 91.9 Å². The Labute approximate surface area is 253 Å². The number of aromatic nitrogens is 1. The fraction of sp³-hybridized carbons (Fsp3) is 0.486. The van der Waals surface area contributed by atoms with Gasteiger partial charge in [0, 0.05) is 42.0 Å². The average molecular weight is 593 g/mol. The van der Waals surface area contributed by atoms with Gasteiger partial charge in [-0.05, 0) is 119 Å². The largest absolute Gasteiger partial charge is 0.490 e. The molecule has 6 nitrogen and oxygen atoms in total. The van der Waals surface area contributed by atoms with Crippen molar-refractivity contribution in [1.82, 2.24) is 9.88 Å². The number of rotatable bonds is 8. The van der Waals surface area contributed by atoms with Gasteiger partial charge >= 0.3 is 5.97 Å². The standard InChI is InChI=1S/C35H42F2N2O4/c1-20-17-23(11-12-27(20)36)9-7-14-39-15-13-29-26(19-39)31(25-18-28(37)32-24(21(25)2)10-8-16-42-32)30(22(3)38-29)33(34(40)41)43-35(4,5)6/h11-12,17-18,33H,7-10,13-16,19H2,1-6H3,(H,40,41). The zero-order chi connectivity index (χ0) is 31.1. The van der Waals surface area contributed by atoms with E-state index < -0.39 is 23.5 Å². The Balaban J connectivity index is 1.59. The Morgan fingerprint density at radius 1 is 1.12 bits per heavy atom. The highest BCUT2D eigenvalue weighted by Crippen LogP contribution is 2.44. The summed E-state index contributed by atoms with van der Waals surface area (Å²) in [5, 5.41) is 10.4. The van der Waals surface area contributed by atoms with E-state index in [0.717, 1.165) is 60.3 Å². The first kappa shape index (κ1) is 31.1. The van der Waals surface area contributed by atoms with Crippen molar-refractivity contribution >= 4 is 5.97 Å². The molecule has 1 atom stereocenters. The van der Waals surface area contributed by atoms with Crippen LogP contribution in [-0.2, 0) is 35.3 Å². The van der Waals surface area contributed by atoms with Crippen molar-refractivity contribution in [3.8, 4) is 16.9 Å². The van der Waals surface area contributed by atoms with Crippen molar-refractivity contribution < 1.29 is 28.2 Å². The highest BCUT2D eigenvalue weighted by Gasteiger charge is 2.36. The predicted octanol–water partition coefficient (Wildman–Crippen LogP) is 7.21. The summed E-state index contributed by atoms with van der Waals surface area (Å²) in [6, 6.07) is 6.76. The molecular formula is C35H42F2N2O4. The van der Waals surface area contributed by atoms with E-state index in [-0.39, 0.29) is 5.82 Å². The van der Waals surface area contributed by atoms with Gasteiger partial charge in [0.1, 0.15) is 5.82 Å². The van der Waals surface area contributed by atoms with Gasteiger partial charge in [-0.1, -0.05) is 12.1 Å². The lowest BCUT2D eigenvalue weighted by molar-refractivity contribution is -0.160. The SMILES string of the molecule is Cc1cc(CCCN2CCc3nc(C)c(C(OC(C)(C)C)C(=O)O)c(-c4cc(F)c5c(c4C)CCCO5)c3C2)ccc1F. The van der Waals surface area contributed by atoms with E-state index in [2.05, 4.69) is 4.90 Å². The maximum Gasteiger partial charge on any atom is 0.337 e. The normalized spacial score (nSPS) is 15.9. The van der Waals surface area contributed by atoms with Crippen LogP contribution in [0.1, 0.15) is 84.5 Å². The Kier molecular flexibility index (Phi) is 8.91. The lowest BCUT2D eigenvalue weighted by atomic mass is 9.83. The number of pyridine rings is 1. The summed E-state index contributed by atoms with van der Waals surface area (Å²) in [5.41, 5.74) is 7.01. The summed E-state index contributed by atoms with van der Waals surface area (Å²) in [7, 11) is 0. The Morgan fingerprint density at radius 2 is 1.88 bits per heavy atom. The number of halogens is 2. The number of benzene rings is 2. The van der Waals surface area contributed by atoms with Crippen molar-refractivity contribution in [3.05, 3.63) is 80.7 Å². The number of aliphatic carboxylic acids is 1. The molecule has 3 aromatic rings. The van der Waals surface area contributed by atoms with Crippen LogP contribution in [0.4, 0.5) is 8.78 Å². The van der Waals surface area contributed by atoms with Gasteiger partial charge in [0.15, 0.2) is 17.7 Å². The maximum absolute atomic E-state index is 15.6. The fourth-order valence-electron chi connectivity index (χ4n) is 6.45. The molecule has 2 aromatic carbocycles. The molecule has 1 unspecified atom stereocenters. The fourth-order valence-corrected chi connectivity index (χ4v) is 6.45. The molecule has 0 radical (unpaired) electrons. The van der Waals surface area contributed by atoms with Gasteiger partial charge in [0.2, 0.25) is 0 Å². The molecule has 43 heavy (non-hydrogen) atoms. The number of fused-ring (bicyclic) bond motifs is 2.